The third-order valence-electron chi connectivity index (χ3n) is 5.52. The maximum absolute atomic E-state index is 13.5. The number of fused-ring (bicyclic) bond motifs is 1. The van der Waals surface area contributed by atoms with E-state index in [1.807, 2.05) is 20.8 Å². The summed E-state index contributed by atoms with van der Waals surface area (Å²) in [7, 11) is 2.77. The van der Waals surface area contributed by atoms with Gasteiger partial charge < -0.3 is 28.5 Å². The first-order chi connectivity index (χ1) is 16.7. The average Bonchev–Trinajstić information content (AvgIpc) is 3.37. The summed E-state index contributed by atoms with van der Waals surface area (Å²) in [6.07, 6.45) is 5.45. The van der Waals surface area contributed by atoms with Crippen LogP contribution in [-0.4, -0.2) is 40.7 Å². The maximum atomic E-state index is 13.5. The number of carbonyl (C=O) groups excluding carboxylic acids is 2. The lowest BCUT2D eigenvalue weighted by Crippen LogP contribution is -2.29. The van der Waals surface area contributed by atoms with Crippen molar-refractivity contribution in [2.24, 2.45) is 5.41 Å². The van der Waals surface area contributed by atoms with Crippen molar-refractivity contribution in [3.63, 3.8) is 0 Å². The summed E-state index contributed by atoms with van der Waals surface area (Å²) in [5, 5.41) is 0.863. The molecule has 0 fully saturated rings. The van der Waals surface area contributed by atoms with Crippen LogP contribution in [0.2, 0.25) is 0 Å². The fraction of sp³-hybridized carbons (Fsp3) is 0.400. The Bertz CT molecular complexity index is 1210. The molecule has 1 N–H and O–H groups in total. The highest BCUT2D eigenvalue weighted by Crippen LogP contribution is 2.53. The number of hydrogen-bond acceptors (Lipinski definition) is 8. The molecule has 0 saturated carbocycles. The predicted molar refractivity (Wildman–Crippen MR) is 131 cm³/mol. The van der Waals surface area contributed by atoms with E-state index in [9.17, 15) is 14.1 Å². The van der Waals surface area contributed by atoms with Crippen LogP contribution in [0.3, 0.4) is 0 Å². The number of rotatable bonds is 10. The van der Waals surface area contributed by atoms with Gasteiger partial charge in [-0.15, -0.1) is 0 Å². The number of nitrogens with one attached hydrogen (secondary N) is 1. The number of esters is 2. The van der Waals surface area contributed by atoms with Gasteiger partial charge in [0.2, 0.25) is 11.5 Å². The van der Waals surface area contributed by atoms with Gasteiger partial charge in [0.25, 0.3) is 0 Å². The zero-order valence-corrected chi connectivity index (χ0v) is 21.5. The van der Waals surface area contributed by atoms with E-state index in [1.54, 1.807) is 24.4 Å². The minimum absolute atomic E-state index is 0.0281. The molecule has 0 bridgehead atoms. The number of benzene rings is 2. The van der Waals surface area contributed by atoms with Crippen LogP contribution in [-0.2, 0) is 20.8 Å². The second-order valence-electron chi connectivity index (χ2n) is 8.54. The number of aromatic amines is 1. The molecule has 0 radical (unpaired) electrons. The molecule has 1 heterocycles. The Morgan fingerprint density at radius 1 is 1.09 bits per heavy atom. The molecular formula is C25H30N2O7S. The van der Waals surface area contributed by atoms with Gasteiger partial charge in [0.05, 0.1) is 36.2 Å². The molecule has 1 aromatic heterocycles. The highest BCUT2D eigenvalue weighted by atomic mass is 32.2. The first kappa shape index (κ1) is 26.4. The van der Waals surface area contributed by atoms with Crippen LogP contribution in [0.15, 0.2) is 40.6 Å². The van der Waals surface area contributed by atoms with E-state index in [1.165, 1.54) is 27.3 Å². The smallest absolute Gasteiger partial charge is 0.326 e. The molecule has 10 heteroatoms. The van der Waals surface area contributed by atoms with Crippen LogP contribution in [0.4, 0.5) is 0 Å². The van der Waals surface area contributed by atoms with E-state index in [0.29, 0.717) is 16.7 Å². The van der Waals surface area contributed by atoms with Crippen molar-refractivity contribution in [2.45, 2.75) is 57.0 Å². The molecule has 1 atom stereocenters. The molecule has 9 nitrogen and oxygen atoms in total. The van der Waals surface area contributed by atoms with Gasteiger partial charge in [0.15, 0.2) is 16.4 Å². The van der Waals surface area contributed by atoms with Gasteiger partial charge in [-0.25, -0.2) is 0 Å². The van der Waals surface area contributed by atoms with Crippen LogP contribution in [0, 0.1) is 5.41 Å². The summed E-state index contributed by atoms with van der Waals surface area (Å²) in [5.74, 6) is -0.860. The number of ether oxygens (including phenoxy) is 4. The predicted octanol–water partition coefficient (Wildman–Crippen LogP) is 4.79. The minimum Gasteiger partial charge on any atom is -0.604 e. The normalized spacial score (nSPS) is 12.3. The highest BCUT2D eigenvalue weighted by Gasteiger charge is 2.35. The van der Waals surface area contributed by atoms with Gasteiger partial charge in [-0.2, -0.15) is 4.98 Å². The largest absolute Gasteiger partial charge is 0.604 e. The Balaban J connectivity index is 2.35. The lowest BCUT2D eigenvalue weighted by atomic mass is 9.87. The van der Waals surface area contributed by atoms with Gasteiger partial charge in [0.1, 0.15) is 0 Å². The molecule has 0 saturated heterocycles. The minimum atomic E-state index is -1.78. The van der Waals surface area contributed by atoms with E-state index >= 15 is 0 Å². The summed E-state index contributed by atoms with van der Waals surface area (Å²) < 4.78 is 36.1. The van der Waals surface area contributed by atoms with Gasteiger partial charge in [-0.1, -0.05) is 25.8 Å². The van der Waals surface area contributed by atoms with Crippen LogP contribution in [0.5, 0.6) is 23.0 Å². The number of nitrogens with zero attached hydrogens (tertiary/aromatic N) is 1. The quantitative estimate of drug-likeness (QED) is 0.238. The van der Waals surface area contributed by atoms with Crippen LogP contribution in [0.1, 0.15) is 47.0 Å². The Kier molecular flexibility index (Phi) is 8.29. The standard InChI is InChI=1S/C25H30N2O7S/c1-7-8-12-25(3,4)23(29)34-20-18-16(19(33-15(2)28)21(31-5)22(20)32-6)10-9-11-17(18)35(30)24-26-13-14-27-24/h9-11,13-14H,7-8,12H2,1-6H3,(H,26,27). The number of unbranched alkanes of at least 4 members (excludes halogenated alkanes) is 1. The zero-order chi connectivity index (χ0) is 25.8. The number of imidazole rings is 1. The Morgan fingerprint density at radius 3 is 2.34 bits per heavy atom. The van der Waals surface area contributed by atoms with Crippen molar-refractivity contribution >= 4 is 33.9 Å². The molecule has 0 aliphatic heterocycles. The highest BCUT2D eigenvalue weighted by molar-refractivity contribution is 7.91. The number of H-pyrrole nitrogens is 1. The first-order valence-electron chi connectivity index (χ1n) is 11.2. The number of carbonyl (C=O) groups is 2. The monoisotopic (exact) mass is 502 g/mol. The molecular weight excluding hydrogens is 472 g/mol. The third-order valence-corrected chi connectivity index (χ3v) is 6.84. The summed E-state index contributed by atoms with van der Waals surface area (Å²) >= 11 is -1.78. The lowest BCUT2D eigenvalue weighted by molar-refractivity contribution is -0.144. The Morgan fingerprint density at radius 2 is 1.77 bits per heavy atom. The number of aromatic nitrogens is 2. The summed E-state index contributed by atoms with van der Waals surface area (Å²) in [6, 6.07) is 4.95. The number of methoxy groups -OCH3 is 2. The molecule has 0 amide bonds. The summed E-state index contributed by atoms with van der Waals surface area (Å²) in [5.41, 5.74) is -0.787. The van der Waals surface area contributed by atoms with E-state index in [-0.39, 0.29) is 33.5 Å². The van der Waals surface area contributed by atoms with Crippen molar-refractivity contribution in [3.05, 3.63) is 30.6 Å². The van der Waals surface area contributed by atoms with E-state index < -0.39 is 28.5 Å². The third kappa shape index (κ3) is 5.38. The fourth-order valence-corrected chi connectivity index (χ4v) is 4.80. The van der Waals surface area contributed by atoms with Gasteiger partial charge in [-0.05, 0) is 32.4 Å². The van der Waals surface area contributed by atoms with Gasteiger partial charge >= 0.3 is 17.1 Å². The topological polar surface area (TPSA) is 123 Å². The Hall–Kier alpha value is -3.24. The molecule has 0 aliphatic rings. The molecule has 2 aromatic carbocycles. The lowest BCUT2D eigenvalue weighted by Gasteiger charge is -2.25. The van der Waals surface area contributed by atoms with Crippen LogP contribution >= 0.6 is 0 Å². The maximum Gasteiger partial charge on any atom is 0.326 e. The van der Waals surface area contributed by atoms with Crippen LogP contribution in [0.25, 0.3) is 10.8 Å². The molecule has 0 spiro atoms. The van der Waals surface area contributed by atoms with E-state index in [4.69, 9.17) is 18.9 Å². The second kappa shape index (κ2) is 11.0. The van der Waals surface area contributed by atoms with E-state index in [2.05, 4.69) is 9.97 Å². The van der Waals surface area contributed by atoms with Crippen molar-refractivity contribution in [2.75, 3.05) is 14.2 Å². The molecule has 188 valence electrons. The fourth-order valence-electron chi connectivity index (χ4n) is 3.67. The van der Waals surface area contributed by atoms with Crippen molar-refractivity contribution in [1.29, 1.82) is 0 Å². The number of hydrogen-bond donors (Lipinski definition) is 1. The molecule has 3 aromatic rings. The van der Waals surface area contributed by atoms with Crippen molar-refractivity contribution in [1.82, 2.24) is 9.97 Å². The molecule has 1 unspecified atom stereocenters. The molecule has 0 aliphatic carbocycles. The van der Waals surface area contributed by atoms with Crippen molar-refractivity contribution in [3.8, 4) is 23.0 Å². The molecule has 3 rings (SSSR count). The van der Waals surface area contributed by atoms with Crippen LogP contribution < -0.4 is 18.9 Å². The van der Waals surface area contributed by atoms with Crippen molar-refractivity contribution < 1.29 is 33.1 Å². The summed E-state index contributed by atoms with van der Waals surface area (Å²) in [6.45, 7) is 6.93. The SMILES string of the molecule is CCCCC(C)(C)C(=O)Oc1c(OC)c(OC)c(OC(C)=O)c2cccc([S+]([O-])c3ncc[nH]3)c12. The zero-order valence-electron chi connectivity index (χ0n) is 20.7. The van der Waals surface area contributed by atoms with E-state index in [0.717, 1.165) is 12.8 Å². The van der Waals surface area contributed by atoms with Gasteiger partial charge in [0, 0.05) is 24.7 Å². The Labute approximate surface area is 207 Å². The average molecular weight is 503 g/mol. The van der Waals surface area contributed by atoms with Gasteiger partial charge in [-0.3, -0.25) is 9.59 Å². The molecule has 35 heavy (non-hydrogen) atoms. The summed E-state index contributed by atoms with van der Waals surface area (Å²) in [4.78, 5) is 32.5. The first-order valence-corrected chi connectivity index (χ1v) is 12.3. The second-order valence-corrected chi connectivity index (χ2v) is 9.90.